The lowest BCUT2D eigenvalue weighted by molar-refractivity contribution is 0.306. The van der Waals surface area contributed by atoms with Crippen molar-refractivity contribution in [1.82, 2.24) is 0 Å². The maximum atomic E-state index is 5.75. The molecule has 2 nitrogen and oxygen atoms in total. The highest BCUT2D eigenvalue weighted by Crippen LogP contribution is 2.15. The van der Waals surface area contributed by atoms with E-state index in [1.54, 1.807) is 0 Å². The molecule has 1 atom stereocenters. The van der Waals surface area contributed by atoms with Crippen molar-refractivity contribution in [2.75, 3.05) is 0 Å². The quantitative estimate of drug-likeness (QED) is 0.858. The van der Waals surface area contributed by atoms with Gasteiger partial charge in [0.25, 0.3) is 0 Å². The third-order valence-electron chi connectivity index (χ3n) is 2.95. The first-order valence-electron chi connectivity index (χ1n) is 6.93. The van der Waals surface area contributed by atoms with Gasteiger partial charge in [0.2, 0.25) is 0 Å². The van der Waals surface area contributed by atoms with Gasteiger partial charge in [-0.1, -0.05) is 54.6 Å². The highest BCUT2D eigenvalue weighted by Gasteiger charge is 1.95. The second kappa shape index (κ2) is 7.51. The summed E-state index contributed by atoms with van der Waals surface area (Å²) >= 11 is 0. The van der Waals surface area contributed by atoms with Gasteiger partial charge in [0, 0.05) is 6.04 Å². The Morgan fingerprint density at radius 1 is 1.05 bits per heavy atom. The van der Waals surface area contributed by atoms with E-state index in [2.05, 4.69) is 36.4 Å². The summed E-state index contributed by atoms with van der Waals surface area (Å²) in [5.74, 6) is 0.887. The molecule has 0 fully saturated rings. The summed E-state index contributed by atoms with van der Waals surface area (Å²) in [6.45, 7) is 2.60. The predicted octanol–water partition coefficient (Wildman–Crippen LogP) is 4.02. The second-order valence-corrected chi connectivity index (χ2v) is 4.96. The van der Waals surface area contributed by atoms with Gasteiger partial charge in [0.05, 0.1) is 0 Å². The first kappa shape index (κ1) is 14.4. The van der Waals surface area contributed by atoms with Gasteiger partial charge in [-0.2, -0.15) is 0 Å². The maximum Gasteiger partial charge on any atom is 0.119 e. The molecule has 0 saturated carbocycles. The first-order chi connectivity index (χ1) is 9.74. The number of rotatable bonds is 6. The van der Waals surface area contributed by atoms with Gasteiger partial charge in [0.1, 0.15) is 12.4 Å². The van der Waals surface area contributed by atoms with Crippen LogP contribution in [0.15, 0.2) is 60.7 Å². The van der Waals surface area contributed by atoms with E-state index in [4.69, 9.17) is 10.5 Å². The van der Waals surface area contributed by atoms with Gasteiger partial charge < -0.3 is 10.5 Å². The molecular formula is C18H21NO. The molecule has 2 N–H and O–H groups in total. The Hall–Kier alpha value is -2.06. The molecule has 0 bridgehead atoms. The van der Waals surface area contributed by atoms with E-state index >= 15 is 0 Å². The van der Waals surface area contributed by atoms with Crippen LogP contribution < -0.4 is 10.5 Å². The molecular weight excluding hydrogens is 246 g/mol. The topological polar surface area (TPSA) is 35.2 Å². The predicted molar refractivity (Wildman–Crippen MR) is 84.5 cm³/mol. The second-order valence-electron chi connectivity index (χ2n) is 4.96. The van der Waals surface area contributed by atoms with Crippen molar-refractivity contribution in [1.29, 1.82) is 0 Å². The zero-order valence-electron chi connectivity index (χ0n) is 11.8. The summed E-state index contributed by atoms with van der Waals surface area (Å²) in [5.41, 5.74) is 8.04. The molecule has 0 heterocycles. The molecule has 0 aliphatic carbocycles. The fourth-order valence-electron chi connectivity index (χ4n) is 1.83. The number of ether oxygens (including phenoxy) is 1. The smallest absolute Gasteiger partial charge is 0.119 e. The molecule has 20 heavy (non-hydrogen) atoms. The fourth-order valence-corrected chi connectivity index (χ4v) is 1.83. The molecule has 2 heteroatoms. The van der Waals surface area contributed by atoms with Crippen LogP contribution in [-0.2, 0) is 6.61 Å². The van der Waals surface area contributed by atoms with E-state index in [-0.39, 0.29) is 6.04 Å². The fraction of sp³-hybridized carbons (Fsp3) is 0.222. The van der Waals surface area contributed by atoms with Crippen molar-refractivity contribution in [3.05, 3.63) is 71.8 Å². The largest absolute Gasteiger partial charge is 0.489 e. The van der Waals surface area contributed by atoms with Crippen LogP contribution in [0.3, 0.4) is 0 Å². The molecule has 0 aliphatic rings. The molecule has 1 unspecified atom stereocenters. The zero-order chi connectivity index (χ0) is 14.2. The van der Waals surface area contributed by atoms with Crippen LogP contribution in [0.4, 0.5) is 0 Å². The van der Waals surface area contributed by atoms with E-state index in [9.17, 15) is 0 Å². The molecule has 2 aromatic carbocycles. The summed E-state index contributed by atoms with van der Waals surface area (Å²) in [5, 5.41) is 0. The van der Waals surface area contributed by atoms with Crippen LogP contribution in [0.1, 0.15) is 24.5 Å². The van der Waals surface area contributed by atoms with E-state index < -0.39 is 0 Å². The Balaban J connectivity index is 1.87. The lowest BCUT2D eigenvalue weighted by atomic mass is 10.1. The average Bonchev–Trinajstić information content (AvgIpc) is 2.47. The SMILES string of the molecule is CC(N)CC=Cc1ccc(OCc2ccccc2)cc1. The molecule has 0 radical (unpaired) electrons. The lowest BCUT2D eigenvalue weighted by Crippen LogP contribution is -2.12. The zero-order valence-corrected chi connectivity index (χ0v) is 11.8. The normalized spacial score (nSPS) is 12.5. The number of benzene rings is 2. The van der Waals surface area contributed by atoms with E-state index in [1.807, 2.05) is 37.3 Å². The third-order valence-corrected chi connectivity index (χ3v) is 2.95. The average molecular weight is 267 g/mol. The Morgan fingerprint density at radius 2 is 1.75 bits per heavy atom. The minimum atomic E-state index is 0.208. The summed E-state index contributed by atoms with van der Waals surface area (Å²) in [7, 11) is 0. The Morgan fingerprint density at radius 3 is 2.40 bits per heavy atom. The van der Waals surface area contributed by atoms with Crippen LogP contribution >= 0.6 is 0 Å². The van der Waals surface area contributed by atoms with Crippen molar-refractivity contribution in [2.45, 2.75) is 26.0 Å². The van der Waals surface area contributed by atoms with Crippen molar-refractivity contribution in [2.24, 2.45) is 5.73 Å². The summed E-state index contributed by atoms with van der Waals surface area (Å²) < 4.78 is 5.75. The number of hydrogen-bond acceptors (Lipinski definition) is 2. The van der Waals surface area contributed by atoms with Gasteiger partial charge in [-0.25, -0.2) is 0 Å². The van der Waals surface area contributed by atoms with Crippen LogP contribution in [-0.4, -0.2) is 6.04 Å². The van der Waals surface area contributed by atoms with Gasteiger partial charge in [0.15, 0.2) is 0 Å². The minimum Gasteiger partial charge on any atom is -0.489 e. The van der Waals surface area contributed by atoms with Crippen LogP contribution in [0.25, 0.3) is 6.08 Å². The van der Waals surface area contributed by atoms with Gasteiger partial charge in [-0.15, -0.1) is 0 Å². The molecule has 0 amide bonds. The third kappa shape index (κ3) is 4.90. The van der Waals surface area contributed by atoms with E-state index in [0.29, 0.717) is 6.61 Å². The molecule has 0 saturated heterocycles. The monoisotopic (exact) mass is 267 g/mol. The van der Waals surface area contributed by atoms with E-state index in [1.165, 1.54) is 5.56 Å². The highest BCUT2D eigenvalue weighted by atomic mass is 16.5. The summed E-state index contributed by atoms with van der Waals surface area (Å²) in [6, 6.07) is 18.5. The minimum absolute atomic E-state index is 0.208. The molecule has 0 aliphatic heterocycles. The molecule has 2 rings (SSSR count). The Kier molecular flexibility index (Phi) is 5.39. The molecule has 0 aromatic heterocycles. The summed E-state index contributed by atoms with van der Waals surface area (Å²) in [6.07, 6.45) is 5.08. The van der Waals surface area contributed by atoms with Gasteiger partial charge in [-0.05, 0) is 36.6 Å². The lowest BCUT2D eigenvalue weighted by Gasteiger charge is -2.06. The van der Waals surface area contributed by atoms with E-state index in [0.717, 1.165) is 17.7 Å². The molecule has 2 aromatic rings. The standard InChI is InChI=1S/C18H21NO/c1-15(19)6-5-9-16-10-12-18(13-11-16)20-14-17-7-3-2-4-8-17/h2-5,7-13,15H,6,14,19H2,1H3. The van der Waals surface area contributed by atoms with Crippen LogP contribution in [0, 0.1) is 0 Å². The van der Waals surface area contributed by atoms with Gasteiger partial charge in [-0.3, -0.25) is 0 Å². The molecule has 0 spiro atoms. The first-order valence-corrected chi connectivity index (χ1v) is 6.93. The van der Waals surface area contributed by atoms with Gasteiger partial charge >= 0.3 is 0 Å². The molecule has 104 valence electrons. The number of nitrogens with two attached hydrogens (primary N) is 1. The highest BCUT2D eigenvalue weighted by molar-refractivity contribution is 5.50. The Labute approximate surface area is 120 Å². The van der Waals surface area contributed by atoms with Crippen molar-refractivity contribution in [3.8, 4) is 5.75 Å². The number of hydrogen-bond donors (Lipinski definition) is 1. The summed E-state index contributed by atoms with van der Waals surface area (Å²) in [4.78, 5) is 0. The van der Waals surface area contributed by atoms with Crippen LogP contribution in [0.5, 0.6) is 5.75 Å². The Bertz CT molecular complexity index is 529. The van der Waals surface area contributed by atoms with Crippen molar-refractivity contribution >= 4 is 6.08 Å². The van der Waals surface area contributed by atoms with Crippen molar-refractivity contribution in [3.63, 3.8) is 0 Å². The maximum absolute atomic E-state index is 5.75. The van der Waals surface area contributed by atoms with Crippen LogP contribution in [0.2, 0.25) is 0 Å². The van der Waals surface area contributed by atoms with Crippen molar-refractivity contribution < 1.29 is 4.74 Å².